The van der Waals surface area contributed by atoms with Crippen LogP contribution in [0.1, 0.15) is 55.5 Å². The van der Waals surface area contributed by atoms with Crippen molar-refractivity contribution in [2.75, 3.05) is 17.3 Å². The predicted molar refractivity (Wildman–Crippen MR) is 164 cm³/mol. The number of aromatic nitrogens is 2. The first-order valence-electron chi connectivity index (χ1n) is 13.3. The van der Waals surface area contributed by atoms with Gasteiger partial charge in [-0.05, 0) is 74.1 Å². The lowest BCUT2D eigenvalue weighted by molar-refractivity contribution is -0.123. The van der Waals surface area contributed by atoms with E-state index in [9.17, 15) is 4.79 Å². The number of hydrogen-bond acceptors (Lipinski definition) is 4. The summed E-state index contributed by atoms with van der Waals surface area (Å²) in [6, 6.07) is 24.0. The fourth-order valence-corrected chi connectivity index (χ4v) is 5.60. The molecule has 1 aliphatic rings. The van der Waals surface area contributed by atoms with Crippen LogP contribution in [-0.4, -0.2) is 27.7 Å². The molecule has 3 heterocycles. The number of pyridine rings is 1. The van der Waals surface area contributed by atoms with Crippen LogP contribution in [0.3, 0.4) is 0 Å². The second kappa shape index (κ2) is 10.8. The summed E-state index contributed by atoms with van der Waals surface area (Å²) >= 11 is 5.95. The summed E-state index contributed by atoms with van der Waals surface area (Å²) in [5.74, 6) is 0.478. The van der Waals surface area contributed by atoms with E-state index in [1.165, 1.54) is 0 Å². The van der Waals surface area contributed by atoms with Crippen molar-refractivity contribution < 1.29 is 9.53 Å². The molecule has 0 saturated carbocycles. The molecule has 2 N–H and O–H groups in total. The molecule has 1 aliphatic heterocycles. The van der Waals surface area contributed by atoms with E-state index in [0.717, 1.165) is 34.0 Å². The predicted octanol–water partition coefficient (Wildman–Crippen LogP) is 6.66. The summed E-state index contributed by atoms with van der Waals surface area (Å²) < 4.78 is 8.00. The van der Waals surface area contributed by atoms with Gasteiger partial charge in [-0.3, -0.25) is 9.78 Å². The Morgan fingerprint density at radius 2 is 1.73 bits per heavy atom. The molecule has 5 rings (SSSR count). The highest BCUT2D eigenvalue weighted by Gasteiger charge is 2.42. The molecule has 7 nitrogen and oxygen atoms in total. The summed E-state index contributed by atoms with van der Waals surface area (Å²) in [6.45, 7) is 9.92. The molecule has 0 unspecified atom stereocenters. The van der Waals surface area contributed by atoms with Crippen molar-refractivity contribution >= 4 is 34.6 Å². The highest BCUT2D eigenvalue weighted by atomic mass is 32.1. The van der Waals surface area contributed by atoms with Gasteiger partial charge < -0.3 is 24.8 Å². The quantitative estimate of drug-likeness (QED) is 0.260. The molecule has 0 aliphatic carbocycles. The summed E-state index contributed by atoms with van der Waals surface area (Å²) in [5, 5.41) is 7.14. The summed E-state index contributed by atoms with van der Waals surface area (Å²) in [7, 11) is 1.61. The Hall–Kier alpha value is -4.17. The van der Waals surface area contributed by atoms with E-state index in [1.54, 1.807) is 7.11 Å². The highest BCUT2D eigenvalue weighted by Crippen LogP contribution is 2.45. The van der Waals surface area contributed by atoms with Crippen molar-refractivity contribution in [3.63, 3.8) is 0 Å². The van der Waals surface area contributed by atoms with Crippen LogP contribution >= 0.6 is 12.2 Å². The molecule has 0 spiro atoms. The normalized spacial score (nSPS) is 17.1. The zero-order chi connectivity index (χ0) is 28.6. The van der Waals surface area contributed by atoms with Crippen LogP contribution < -0.4 is 20.3 Å². The van der Waals surface area contributed by atoms with E-state index in [-0.39, 0.29) is 18.0 Å². The number of nitrogens with one attached hydrogen (secondary N) is 2. The number of para-hydroxylation sites is 1. The van der Waals surface area contributed by atoms with Crippen LogP contribution in [0.2, 0.25) is 0 Å². The number of methoxy groups -OCH3 is 1. The number of aryl methyl sites for hydroxylation is 1. The molecule has 206 valence electrons. The number of carbonyl (C=O) groups is 1. The minimum absolute atomic E-state index is 0.0849. The fraction of sp³-hybridized carbons (Fsp3) is 0.281. The molecule has 40 heavy (non-hydrogen) atoms. The van der Waals surface area contributed by atoms with E-state index in [1.807, 2.05) is 69.4 Å². The third-order valence-corrected chi connectivity index (χ3v) is 7.61. The maximum absolute atomic E-state index is 12.7. The number of nitrogens with zero attached hydrogens (tertiary/aromatic N) is 3. The number of hydrogen-bond donors (Lipinski definition) is 2. The third kappa shape index (κ3) is 5.07. The lowest BCUT2D eigenvalue weighted by atomic mass is 9.95. The number of ether oxygens (including phenoxy) is 1. The second-order valence-corrected chi connectivity index (χ2v) is 11.5. The van der Waals surface area contributed by atoms with Crippen LogP contribution in [0.25, 0.3) is 5.69 Å². The van der Waals surface area contributed by atoms with Gasteiger partial charge in [0, 0.05) is 40.4 Å². The molecule has 2 aromatic heterocycles. The molecule has 2 atom stereocenters. The van der Waals surface area contributed by atoms with Gasteiger partial charge in [0.25, 0.3) is 0 Å². The summed E-state index contributed by atoms with van der Waals surface area (Å²) in [6.07, 6.45) is 1.81. The van der Waals surface area contributed by atoms with E-state index in [4.69, 9.17) is 21.9 Å². The van der Waals surface area contributed by atoms with Gasteiger partial charge in [0.05, 0.1) is 30.6 Å². The largest absolute Gasteiger partial charge is 0.494 e. The van der Waals surface area contributed by atoms with Crippen molar-refractivity contribution in [3.8, 4) is 11.4 Å². The Morgan fingerprint density at radius 3 is 2.38 bits per heavy atom. The first-order valence-corrected chi connectivity index (χ1v) is 13.8. The minimum Gasteiger partial charge on any atom is -0.494 e. The van der Waals surface area contributed by atoms with Crippen molar-refractivity contribution in [2.45, 2.75) is 46.7 Å². The average molecular weight is 554 g/mol. The Labute approximate surface area is 241 Å². The molecule has 8 heteroatoms. The van der Waals surface area contributed by atoms with Crippen molar-refractivity contribution in [1.29, 1.82) is 0 Å². The average Bonchev–Trinajstić information content (AvgIpc) is 3.44. The Morgan fingerprint density at radius 1 is 1.00 bits per heavy atom. The summed E-state index contributed by atoms with van der Waals surface area (Å²) in [4.78, 5) is 19.5. The number of anilines is 2. The molecule has 0 radical (unpaired) electrons. The first-order chi connectivity index (χ1) is 19.1. The van der Waals surface area contributed by atoms with Gasteiger partial charge in [-0.25, -0.2) is 0 Å². The van der Waals surface area contributed by atoms with E-state index >= 15 is 0 Å². The number of rotatable bonds is 6. The zero-order valence-corrected chi connectivity index (χ0v) is 24.5. The molecule has 1 fully saturated rings. The molecule has 2 aromatic carbocycles. The summed E-state index contributed by atoms with van der Waals surface area (Å²) in [5.41, 5.74) is 6.36. The van der Waals surface area contributed by atoms with Crippen LogP contribution in [0.15, 0.2) is 79.0 Å². The molecule has 1 amide bonds. The lowest BCUT2D eigenvalue weighted by Gasteiger charge is -2.29. The molecule has 0 bridgehead atoms. The Bertz CT molecular complexity index is 1540. The van der Waals surface area contributed by atoms with Crippen molar-refractivity contribution in [1.82, 2.24) is 14.9 Å². The van der Waals surface area contributed by atoms with Crippen LogP contribution in [-0.2, 0) is 4.79 Å². The van der Waals surface area contributed by atoms with Crippen LogP contribution in [0, 0.1) is 19.3 Å². The van der Waals surface area contributed by atoms with Gasteiger partial charge in [-0.1, -0.05) is 45.0 Å². The van der Waals surface area contributed by atoms with Gasteiger partial charge in [0.2, 0.25) is 5.91 Å². The van der Waals surface area contributed by atoms with Gasteiger partial charge in [-0.15, -0.1) is 0 Å². The molecule has 1 saturated heterocycles. The lowest BCUT2D eigenvalue weighted by Crippen LogP contribution is -2.30. The standard InChI is InChI=1S/C32H35N5O2S/c1-20-18-24(21(2)36(20)22-12-8-7-9-13-22)29-28(26-14-10-11-17-33-26)35-31(40)37(29)23-15-16-25(27(19-23)39-6)34-30(38)32(3,4)5/h7-19,28-29H,1-6H3,(H,34,38)(H,35,40)/t28-,29-/m1/s1. The van der Waals surface area contributed by atoms with E-state index in [2.05, 4.69) is 64.3 Å². The Balaban J connectivity index is 1.62. The van der Waals surface area contributed by atoms with Crippen LogP contribution in [0.4, 0.5) is 11.4 Å². The monoisotopic (exact) mass is 553 g/mol. The molecular formula is C32H35N5O2S. The smallest absolute Gasteiger partial charge is 0.229 e. The van der Waals surface area contributed by atoms with Gasteiger partial charge >= 0.3 is 0 Å². The second-order valence-electron chi connectivity index (χ2n) is 11.1. The minimum atomic E-state index is -0.535. The van der Waals surface area contributed by atoms with Gasteiger partial charge in [0.1, 0.15) is 5.75 Å². The molecular weight excluding hydrogens is 518 g/mol. The van der Waals surface area contributed by atoms with Crippen LogP contribution in [0.5, 0.6) is 5.75 Å². The van der Waals surface area contributed by atoms with Crippen molar-refractivity contribution in [2.24, 2.45) is 5.41 Å². The highest BCUT2D eigenvalue weighted by molar-refractivity contribution is 7.80. The fourth-order valence-electron chi connectivity index (χ4n) is 5.25. The van der Waals surface area contributed by atoms with Gasteiger partial charge in [-0.2, -0.15) is 0 Å². The van der Waals surface area contributed by atoms with Crippen molar-refractivity contribution in [3.05, 3.63) is 102 Å². The third-order valence-electron chi connectivity index (χ3n) is 7.29. The Kier molecular flexibility index (Phi) is 7.38. The van der Waals surface area contributed by atoms with E-state index in [0.29, 0.717) is 16.5 Å². The number of benzene rings is 2. The number of amides is 1. The topological polar surface area (TPSA) is 71.4 Å². The SMILES string of the molecule is COc1cc(N2C(=S)N[C@H](c3ccccn3)[C@H]2c2cc(C)n(-c3ccccc3)c2C)ccc1NC(=O)C(C)(C)C. The zero-order valence-electron chi connectivity index (χ0n) is 23.7. The number of carbonyl (C=O) groups excluding carboxylic acids is 1. The molecule has 4 aromatic rings. The van der Waals surface area contributed by atoms with Gasteiger partial charge in [0.15, 0.2) is 5.11 Å². The van der Waals surface area contributed by atoms with E-state index < -0.39 is 5.41 Å². The number of thiocarbonyl (C=S) groups is 1. The first kappa shape index (κ1) is 27.4. The maximum atomic E-state index is 12.7. The maximum Gasteiger partial charge on any atom is 0.229 e.